The van der Waals surface area contributed by atoms with Crippen LogP contribution in [0.15, 0.2) is 53.4 Å². The van der Waals surface area contributed by atoms with Gasteiger partial charge >= 0.3 is 0 Å². The Hall–Kier alpha value is -1.89. The number of sulfonamides is 1. The standard InChI is InChI=1S/C20H26N2O3S/c1-17-4-10-20(11-5-17)26(23,24)21-12-2-3-18-6-8-19(9-7-18)22-13-15-25-16-14-22/h4-11,21H,2-3,12-16H2,1H3. The van der Waals surface area contributed by atoms with E-state index in [9.17, 15) is 8.42 Å². The quantitative estimate of drug-likeness (QED) is 0.757. The molecule has 0 bridgehead atoms. The largest absolute Gasteiger partial charge is 0.378 e. The van der Waals surface area contributed by atoms with Crippen molar-refractivity contribution in [1.82, 2.24) is 4.72 Å². The molecule has 1 aliphatic heterocycles. The van der Waals surface area contributed by atoms with Crippen molar-refractivity contribution in [3.05, 3.63) is 59.7 Å². The molecule has 1 saturated heterocycles. The molecular weight excluding hydrogens is 348 g/mol. The monoisotopic (exact) mass is 374 g/mol. The maximum atomic E-state index is 12.2. The minimum Gasteiger partial charge on any atom is -0.378 e. The van der Waals surface area contributed by atoms with E-state index in [1.165, 1.54) is 11.3 Å². The van der Waals surface area contributed by atoms with Gasteiger partial charge in [-0.2, -0.15) is 0 Å². The molecule has 0 atom stereocenters. The summed E-state index contributed by atoms with van der Waals surface area (Å²) in [6.45, 7) is 5.79. The molecule has 0 unspecified atom stereocenters. The van der Waals surface area contributed by atoms with Crippen molar-refractivity contribution in [3.63, 3.8) is 0 Å². The lowest BCUT2D eigenvalue weighted by atomic mass is 10.1. The zero-order valence-electron chi connectivity index (χ0n) is 15.1. The maximum absolute atomic E-state index is 12.2. The number of aryl methyl sites for hydroxylation is 2. The molecular formula is C20H26N2O3S. The molecule has 1 heterocycles. The second-order valence-electron chi connectivity index (χ2n) is 6.58. The van der Waals surface area contributed by atoms with Gasteiger partial charge in [-0.05, 0) is 49.6 Å². The smallest absolute Gasteiger partial charge is 0.240 e. The third-order valence-corrected chi connectivity index (χ3v) is 6.06. The predicted molar refractivity (Wildman–Crippen MR) is 104 cm³/mol. The maximum Gasteiger partial charge on any atom is 0.240 e. The lowest BCUT2D eigenvalue weighted by Gasteiger charge is -2.28. The SMILES string of the molecule is Cc1ccc(S(=O)(=O)NCCCc2ccc(N3CCOCC3)cc2)cc1. The molecule has 0 radical (unpaired) electrons. The Bertz CT molecular complexity index is 796. The van der Waals surface area contributed by atoms with Gasteiger partial charge in [0, 0.05) is 25.3 Å². The minimum atomic E-state index is -3.42. The van der Waals surface area contributed by atoms with E-state index in [0.29, 0.717) is 11.4 Å². The van der Waals surface area contributed by atoms with Crippen LogP contribution in [-0.2, 0) is 21.2 Å². The van der Waals surface area contributed by atoms with Crippen LogP contribution in [0.2, 0.25) is 0 Å². The summed E-state index contributed by atoms with van der Waals surface area (Å²) in [5.74, 6) is 0. The number of rotatable bonds is 7. The second-order valence-corrected chi connectivity index (χ2v) is 8.35. The second kappa shape index (κ2) is 8.66. The van der Waals surface area contributed by atoms with Gasteiger partial charge in [0.15, 0.2) is 0 Å². The van der Waals surface area contributed by atoms with Crippen LogP contribution in [0.3, 0.4) is 0 Å². The summed E-state index contributed by atoms with van der Waals surface area (Å²) in [4.78, 5) is 2.64. The molecule has 2 aromatic carbocycles. The molecule has 0 amide bonds. The molecule has 0 spiro atoms. The summed E-state index contributed by atoms with van der Waals surface area (Å²) in [6, 6.07) is 15.4. The van der Waals surface area contributed by atoms with Crippen molar-refractivity contribution in [1.29, 1.82) is 0 Å². The highest BCUT2D eigenvalue weighted by molar-refractivity contribution is 7.89. The number of benzene rings is 2. The molecule has 0 aromatic heterocycles. The first-order valence-corrected chi connectivity index (χ1v) is 10.5. The third-order valence-electron chi connectivity index (χ3n) is 4.58. The third kappa shape index (κ3) is 5.06. The normalized spacial score (nSPS) is 15.2. The van der Waals surface area contributed by atoms with Gasteiger partial charge in [-0.3, -0.25) is 0 Å². The highest BCUT2D eigenvalue weighted by Crippen LogP contribution is 2.17. The van der Waals surface area contributed by atoms with Crippen LogP contribution in [0.4, 0.5) is 5.69 Å². The molecule has 5 nitrogen and oxygen atoms in total. The molecule has 2 aromatic rings. The number of nitrogens with one attached hydrogen (secondary N) is 1. The Kier molecular flexibility index (Phi) is 6.29. The van der Waals surface area contributed by atoms with Gasteiger partial charge in [0.25, 0.3) is 0 Å². The molecule has 26 heavy (non-hydrogen) atoms. The van der Waals surface area contributed by atoms with E-state index < -0.39 is 10.0 Å². The molecule has 1 aliphatic rings. The van der Waals surface area contributed by atoms with E-state index in [2.05, 4.69) is 33.9 Å². The van der Waals surface area contributed by atoms with Gasteiger partial charge in [0.2, 0.25) is 10.0 Å². The molecule has 6 heteroatoms. The summed E-state index contributed by atoms with van der Waals surface area (Å²) in [6.07, 6.45) is 1.61. The average molecular weight is 375 g/mol. The van der Waals surface area contributed by atoms with Crippen molar-refractivity contribution < 1.29 is 13.2 Å². The zero-order valence-corrected chi connectivity index (χ0v) is 16.0. The van der Waals surface area contributed by atoms with Crippen LogP contribution < -0.4 is 9.62 Å². The highest BCUT2D eigenvalue weighted by Gasteiger charge is 2.13. The number of ether oxygens (including phenoxy) is 1. The fraction of sp³-hybridized carbons (Fsp3) is 0.400. The Morgan fingerprint density at radius 3 is 2.31 bits per heavy atom. The van der Waals surface area contributed by atoms with E-state index in [0.717, 1.165) is 44.7 Å². The molecule has 3 rings (SSSR count). The molecule has 0 aliphatic carbocycles. The van der Waals surface area contributed by atoms with E-state index in [1.54, 1.807) is 12.1 Å². The molecule has 140 valence electrons. The number of hydrogen-bond donors (Lipinski definition) is 1. The highest BCUT2D eigenvalue weighted by atomic mass is 32.2. The van der Waals surface area contributed by atoms with Crippen molar-refractivity contribution in [3.8, 4) is 0 Å². The van der Waals surface area contributed by atoms with Gasteiger partial charge in [-0.1, -0.05) is 29.8 Å². The summed E-state index contributed by atoms with van der Waals surface area (Å²) >= 11 is 0. The van der Waals surface area contributed by atoms with E-state index >= 15 is 0 Å². The number of nitrogens with zero attached hydrogens (tertiary/aromatic N) is 1. The number of anilines is 1. The van der Waals surface area contributed by atoms with Gasteiger partial charge in [0.1, 0.15) is 0 Å². The zero-order chi connectivity index (χ0) is 18.4. The Morgan fingerprint density at radius 1 is 1.00 bits per heavy atom. The molecule has 1 fully saturated rings. The fourth-order valence-electron chi connectivity index (χ4n) is 2.99. The predicted octanol–water partition coefficient (Wildman–Crippen LogP) is 2.74. The first-order valence-electron chi connectivity index (χ1n) is 9.02. The number of hydrogen-bond acceptors (Lipinski definition) is 4. The van der Waals surface area contributed by atoms with Crippen LogP contribution in [0.5, 0.6) is 0 Å². The Labute approximate surface area is 156 Å². The Morgan fingerprint density at radius 2 is 1.65 bits per heavy atom. The van der Waals surface area contributed by atoms with Crippen LogP contribution in [-0.4, -0.2) is 41.3 Å². The minimum absolute atomic E-state index is 0.318. The lowest BCUT2D eigenvalue weighted by Crippen LogP contribution is -2.36. The van der Waals surface area contributed by atoms with Crippen LogP contribution in [0.25, 0.3) is 0 Å². The van der Waals surface area contributed by atoms with Crippen molar-refractivity contribution in [2.45, 2.75) is 24.7 Å². The van der Waals surface area contributed by atoms with Crippen LogP contribution >= 0.6 is 0 Å². The van der Waals surface area contributed by atoms with E-state index in [1.807, 2.05) is 19.1 Å². The van der Waals surface area contributed by atoms with Gasteiger partial charge in [0.05, 0.1) is 18.1 Å². The fourth-order valence-corrected chi connectivity index (χ4v) is 4.07. The lowest BCUT2D eigenvalue weighted by molar-refractivity contribution is 0.122. The van der Waals surface area contributed by atoms with Gasteiger partial charge in [-0.15, -0.1) is 0 Å². The first kappa shape index (κ1) is 18.9. The first-order chi connectivity index (χ1) is 12.5. The van der Waals surface area contributed by atoms with Gasteiger partial charge < -0.3 is 9.64 Å². The average Bonchev–Trinajstić information content (AvgIpc) is 2.67. The summed E-state index contributed by atoms with van der Waals surface area (Å²) < 4.78 is 32.6. The number of morpholine rings is 1. The summed E-state index contributed by atoms with van der Waals surface area (Å²) in [5.41, 5.74) is 3.48. The summed E-state index contributed by atoms with van der Waals surface area (Å²) in [5, 5.41) is 0. The van der Waals surface area contributed by atoms with Gasteiger partial charge in [-0.25, -0.2) is 13.1 Å². The van der Waals surface area contributed by atoms with E-state index in [-0.39, 0.29) is 0 Å². The van der Waals surface area contributed by atoms with Crippen LogP contribution in [0.1, 0.15) is 17.5 Å². The van der Waals surface area contributed by atoms with Crippen molar-refractivity contribution >= 4 is 15.7 Å². The van der Waals surface area contributed by atoms with E-state index in [4.69, 9.17) is 4.74 Å². The van der Waals surface area contributed by atoms with Crippen LogP contribution in [0, 0.1) is 6.92 Å². The van der Waals surface area contributed by atoms with Crippen molar-refractivity contribution in [2.24, 2.45) is 0 Å². The molecule has 1 N–H and O–H groups in total. The Balaban J connectivity index is 1.46. The topological polar surface area (TPSA) is 58.6 Å². The van der Waals surface area contributed by atoms with Crippen molar-refractivity contribution in [2.75, 3.05) is 37.7 Å². The molecule has 0 saturated carbocycles. The summed E-state index contributed by atoms with van der Waals surface area (Å²) in [7, 11) is -3.42.